The molecule has 3 heterocycles. The van der Waals surface area contributed by atoms with E-state index in [0.717, 1.165) is 61.1 Å². The van der Waals surface area contributed by atoms with E-state index in [0.29, 0.717) is 23.0 Å². The van der Waals surface area contributed by atoms with Gasteiger partial charge in [-0.3, -0.25) is 9.97 Å². The summed E-state index contributed by atoms with van der Waals surface area (Å²) in [7, 11) is 0. The summed E-state index contributed by atoms with van der Waals surface area (Å²) in [5, 5.41) is 9.70. The Kier molecular flexibility index (Phi) is 8.09. The van der Waals surface area contributed by atoms with Crippen LogP contribution in [0.25, 0.3) is 89.7 Å². The zero-order valence-electron chi connectivity index (χ0n) is 31.3. The summed E-state index contributed by atoms with van der Waals surface area (Å²) in [5.41, 5.74) is 15.7. The third-order valence-corrected chi connectivity index (χ3v) is 11.1. The SMILES string of the molecule is CC1(C)c2cc(C#N)ccc2-c2ccc(-c3cc(-c4nc(-c5ccccc5)nc(-c5ccc(-c6ccccc6)cc5)n4)cc(-c4ccnc5cccnc45)c3)cc21. The Morgan fingerprint density at radius 2 is 0.982 bits per heavy atom. The van der Waals surface area contributed by atoms with Crippen LogP contribution >= 0.6 is 0 Å². The van der Waals surface area contributed by atoms with E-state index >= 15 is 0 Å². The molecule has 6 nitrogen and oxygen atoms in total. The predicted molar refractivity (Wildman–Crippen MR) is 228 cm³/mol. The van der Waals surface area contributed by atoms with Crippen molar-refractivity contribution >= 4 is 11.0 Å². The van der Waals surface area contributed by atoms with Gasteiger partial charge in [0, 0.05) is 40.1 Å². The van der Waals surface area contributed by atoms with Gasteiger partial charge < -0.3 is 0 Å². The molecule has 0 spiro atoms. The van der Waals surface area contributed by atoms with Gasteiger partial charge in [0.1, 0.15) is 0 Å². The largest absolute Gasteiger partial charge is 0.255 e. The monoisotopic (exact) mass is 730 g/mol. The van der Waals surface area contributed by atoms with Crippen molar-refractivity contribution in [1.82, 2.24) is 24.9 Å². The van der Waals surface area contributed by atoms with Gasteiger partial charge in [0.15, 0.2) is 17.5 Å². The van der Waals surface area contributed by atoms with Gasteiger partial charge in [-0.1, -0.05) is 117 Å². The second-order valence-corrected chi connectivity index (χ2v) is 14.9. The van der Waals surface area contributed by atoms with Crippen LogP contribution in [0.2, 0.25) is 0 Å². The van der Waals surface area contributed by atoms with Gasteiger partial charge in [-0.15, -0.1) is 0 Å². The quantitative estimate of drug-likeness (QED) is 0.169. The number of nitriles is 1. The molecule has 0 atom stereocenters. The Morgan fingerprint density at radius 1 is 0.421 bits per heavy atom. The number of hydrogen-bond donors (Lipinski definition) is 0. The Bertz CT molecular complexity index is 3030. The van der Waals surface area contributed by atoms with Crippen LogP contribution in [0.3, 0.4) is 0 Å². The van der Waals surface area contributed by atoms with Crippen molar-refractivity contribution in [3.05, 3.63) is 187 Å². The highest BCUT2D eigenvalue weighted by Crippen LogP contribution is 2.50. The molecular weight excluding hydrogens is 697 g/mol. The van der Waals surface area contributed by atoms with Crippen LogP contribution in [0, 0.1) is 11.3 Å². The molecule has 3 aromatic heterocycles. The lowest BCUT2D eigenvalue weighted by Crippen LogP contribution is -2.15. The van der Waals surface area contributed by atoms with E-state index in [9.17, 15) is 5.26 Å². The van der Waals surface area contributed by atoms with Crippen molar-refractivity contribution < 1.29 is 0 Å². The number of benzene rings is 6. The molecule has 0 radical (unpaired) electrons. The summed E-state index contributed by atoms with van der Waals surface area (Å²) in [5.74, 6) is 1.76. The highest BCUT2D eigenvalue weighted by Gasteiger charge is 2.36. The van der Waals surface area contributed by atoms with Gasteiger partial charge in [0.05, 0.1) is 22.7 Å². The molecule has 0 N–H and O–H groups in total. The summed E-state index contributed by atoms with van der Waals surface area (Å²) >= 11 is 0. The Balaban J connectivity index is 1.17. The lowest BCUT2D eigenvalue weighted by molar-refractivity contribution is 0.660. The first-order valence-electron chi connectivity index (χ1n) is 19.0. The lowest BCUT2D eigenvalue weighted by Gasteiger charge is -2.22. The minimum atomic E-state index is -0.289. The van der Waals surface area contributed by atoms with Gasteiger partial charge in [0.2, 0.25) is 0 Å². The van der Waals surface area contributed by atoms with E-state index in [1.165, 1.54) is 22.3 Å². The van der Waals surface area contributed by atoms with Crippen LogP contribution in [0.5, 0.6) is 0 Å². The molecule has 0 saturated carbocycles. The van der Waals surface area contributed by atoms with E-state index in [-0.39, 0.29) is 5.41 Å². The molecule has 0 saturated heterocycles. The molecule has 10 rings (SSSR count). The van der Waals surface area contributed by atoms with Crippen LogP contribution in [-0.2, 0) is 5.41 Å². The number of fused-ring (bicyclic) bond motifs is 4. The number of nitrogens with zero attached hydrogens (tertiary/aromatic N) is 6. The second-order valence-electron chi connectivity index (χ2n) is 14.9. The molecule has 1 aliphatic rings. The van der Waals surface area contributed by atoms with Crippen molar-refractivity contribution in [3.63, 3.8) is 0 Å². The Hall–Kier alpha value is -7.62. The summed E-state index contributed by atoms with van der Waals surface area (Å²) in [4.78, 5) is 24.7. The molecule has 0 fully saturated rings. The maximum Gasteiger partial charge on any atom is 0.164 e. The minimum absolute atomic E-state index is 0.289. The van der Waals surface area contributed by atoms with Crippen LogP contribution < -0.4 is 0 Å². The van der Waals surface area contributed by atoms with Crippen molar-refractivity contribution in [2.75, 3.05) is 0 Å². The molecule has 0 aliphatic heterocycles. The summed E-state index contributed by atoms with van der Waals surface area (Å²) < 4.78 is 0. The maximum absolute atomic E-state index is 9.70. The predicted octanol–water partition coefficient (Wildman–Crippen LogP) is 12.0. The first-order valence-corrected chi connectivity index (χ1v) is 19.0. The molecule has 268 valence electrons. The fourth-order valence-electron chi connectivity index (χ4n) is 8.07. The number of hydrogen-bond acceptors (Lipinski definition) is 6. The average molecular weight is 731 g/mol. The Labute approximate surface area is 330 Å². The van der Waals surface area contributed by atoms with Crippen LogP contribution in [0.15, 0.2) is 170 Å². The minimum Gasteiger partial charge on any atom is -0.255 e. The molecule has 9 aromatic rings. The van der Waals surface area contributed by atoms with Gasteiger partial charge in [-0.05, 0) is 105 Å². The highest BCUT2D eigenvalue weighted by atomic mass is 15.0. The molecule has 6 aromatic carbocycles. The molecule has 0 unspecified atom stereocenters. The standard InChI is InChI=1S/C51H34N6/c1-51(2)44-26-32(31-52)15-21-42(44)43-22-20-37(30-45(43)51)38-27-39(41-23-25-53-46-14-9-24-54-47(41)46)29-40(28-38)50-56-48(35-12-7-4-8-13-35)55-49(57-50)36-18-16-34(17-19-36)33-10-5-3-6-11-33/h3-30H,1-2H3. The summed E-state index contributed by atoms with van der Waals surface area (Å²) in [6, 6.07) is 56.3. The average Bonchev–Trinajstić information content (AvgIpc) is 3.51. The van der Waals surface area contributed by atoms with E-state index in [1.807, 2.05) is 79.1 Å². The van der Waals surface area contributed by atoms with Gasteiger partial charge in [-0.2, -0.15) is 5.26 Å². The van der Waals surface area contributed by atoms with E-state index in [1.54, 1.807) is 0 Å². The fraction of sp³-hybridized carbons (Fsp3) is 0.0588. The van der Waals surface area contributed by atoms with E-state index < -0.39 is 0 Å². The van der Waals surface area contributed by atoms with Crippen LogP contribution in [-0.4, -0.2) is 24.9 Å². The first kappa shape index (κ1) is 33.9. The van der Waals surface area contributed by atoms with E-state index in [4.69, 9.17) is 19.9 Å². The smallest absolute Gasteiger partial charge is 0.164 e. The number of rotatable bonds is 6. The van der Waals surface area contributed by atoms with Crippen molar-refractivity contribution in [2.24, 2.45) is 0 Å². The summed E-state index contributed by atoms with van der Waals surface area (Å²) in [6.07, 6.45) is 3.65. The molecule has 6 heteroatoms. The normalized spacial score (nSPS) is 12.5. The third kappa shape index (κ3) is 6.03. The molecular formula is C51H34N6. The topological polar surface area (TPSA) is 88.2 Å². The summed E-state index contributed by atoms with van der Waals surface area (Å²) in [6.45, 7) is 4.48. The zero-order valence-corrected chi connectivity index (χ0v) is 31.3. The zero-order chi connectivity index (χ0) is 38.5. The second kappa shape index (κ2) is 13.6. The van der Waals surface area contributed by atoms with E-state index in [2.05, 4.69) is 116 Å². The van der Waals surface area contributed by atoms with Crippen LogP contribution in [0.1, 0.15) is 30.5 Å². The number of pyridine rings is 2. The highest BCUT2D eigenvalue weighted by molar-refractivity contribution is 5.94. The van der Waals surface area contributed by atoms with Crippen LogP contribution in [0.4, 0.5) is 0 Å². The molecule has 1 aliphatic carbocycles. The fourth-order valence-corrected chi connectivity index (χ4v) is 8.07. The maximum atomic E-state index is 9.70. The van der Waals surface area contributed by atoms with Gasteiger partial charge in [-0.25, -0.2) is 15.0 Å². The number of aromatic nitrogens is 5. The van der Waals surface area contributed by atoms with Gasteiger partial charge >= 0.3 is 0 Å². The Morgan fingerprint density at radius 3 is 1.70 bits per heavy atom. The molecule has 0 amide bonds. The molecule has 57 heavy (non-hydrogen) atoms. The van der Waals surface area contributed by atoms with Crippen molar-refractivity contribution in [2.45, 2.75) is 19.3 Å². The van der Waals surface area contributed by atoms with Gasteiger partial charge in [0.25, 0.3) is 0 Å². The first-order chi connectivity index (χ1) is 27.9. The molecule has 0 bridgehead atoms. The van der Waals surface area contributed by atoms with Crippen molar-refractivity contribution in [3.8, 4) is 84.7 Å². The lowest BCUT2D eigenvalue weighted by atomic mass is 9.81. The third-order valence-electron chi connectivity index (χ3n) is 11.1. The van der Waals surface area contributed by atoms with Crippen molar-refractivity contribution in [1.29, 1.82) is 5.26 Å².